The van der Waals surface area contributed by atoms with Gasteiger partial charge >= 0.3 is 18.4 Å². The number of thiazole rings is 2. The SMILES string of the molecule is CC(C)(C)OC(=O)N1CCN(c2nc3ncc(C(F)(F)F)cc3s2)C(COc2cccnc2)C1.Cl.FC(F)(F)c1cnc2nc(N3CCCCC3COc3cccnc3)sc2c1. The van der Waals surface area contributed by atoms with Gasteiger partial charge in [-0.25, -0.2) is 14.8 Å². The van der Waals surface area contributed by atoms with Gasteiger partial charge in [0.2, 0.25) is 0 Å². The Morgan fingerprint density at radius 2 is 1.24 bits per heavy atom. The minimum Gasteiger partial charge on any atom is -0.490 e. The van der Waals surface area contributed by atoms with Crippen LogP contribution < -0.4 is 19.3 Å². The van der Waals surface area contributed by atoms with Crippen molar-refractivity contribution in [3.8, 4) is 11.5 Å². The molecule has 0 radical (unpaired) electrons. The molecule has 2 aliphatic heterocycles. The summed E-state index contributed by atoms with van der Waals surface area (Å²) >= 11 is 2.37. The van der Waals surface area contributed by atoms with Crippen molar-refractivity contribution >= 4 is 72.1 Å². The first kappa shape index (κ1) is 46.2. The van der Waals surface area contributed by atoms with Crippen LogP contribution in [0.1, 0.15) is 51.2 Å². The fourth-order valence-electron chi connectivity index (χ4n) is 6.59. The Morgan fingerprint density at radius 3 is 1.73 bits per heavy atom. The summed E-state index contributed by atoms with van der Waals surface area (Å²) in [6, 6.07) is 9.15. The van der Waals surface area contributed by atoms with Crippen molar-refractivity contribution in [2.24, 2.45) is 0 Å². The summed E-state index contributed by atoms with van der Waals surface area (Å²) in [5.74, 6) is 1.27. The first-order chi connectivity index (χ1) is 29.0. The largest absolute Gasteiger partial charge is 0.490 e. The number of carbonyl (C=O) groups excluding carboxylic acids is 1. The van der Waals surface area contributed by atoms with E-state index in [1.54, 1.807) is 62.6 Å². The highest BCUT2D eigenvalue weighted by molar-refractivity contribution is 7.22. The molecule has 22 heteroatoms. The van der Waals surface area contributed by atoms with E-state index in [0.717, 1.165) is 61.7 Å². The maximum atomic E-state index is 13.1. The molecule has 2 atom stereocenters. The van der Waals surface area contributed by atoms with Crippen LogP contribution in [-0.2, 0) is 17.1 Å². The van der Waals surface area contributed by atoms with Gasteiger partial charge in [-0.2, -0.15) is 36.3 Å². The summed E-state index contributed by atoms with van der Waals surface area (Å²) in [5, 5.41) is 1.21. The Morgan fingerprint density at radius 1 is 0.726 bits per heavy atom. The van der Waals surface area contributed by atoms with Crippen LogP contribution in [0.25, 0.3) is 20.7 Å². The molecule has 8 heterocycles. The molecule has 0 bridgehead atoms. The molecule has 1 amide bonds. The van der Waals surface area contributed by atoms with E-state index in [2.05, 4.69) is 34.8 Å². The second-order valence-electron chi connectivity index (χ2n) is 15.2. The van der Waals surface area contributed by atoms with E-state index in [9.17, 15) is 31.1 Å². The molecule has 332 valence electrons. The van der Waals surface area contributed by atoms with Crippen LogP contribution in [0.5, 0.6) is 11.5 Å². The fourth-order valence-corrected chi connectivity index (χ4v) is 8.71. The number of fused-ring (bicyclic) bond motifs is 2. The van der Waals surface area contributed by atoms with Crippen molar-refractivity contribution in [1.82, 2.24) is 34.8 Å². The average Bonchev–Trinajstić information content (AvgIpc) is 3.86. The van der Waals surface area contributed by atoms with Gasteiger partial charge in [-0.3, -0.25) is 9.97 Å². The molecular formula is C40H42ClF6N9O4S2. The van der Waals surface area contributed by atoms with Gasteiger partial charge in [0.05, 0.1) is 45.0 Å². The third-order valence-corrected chi connectivity index (χ3v) is 11.6. The highest BCUT2D eigenvalue weighted by Crippen LogP contribution is 2.37. The van der Waals surface area contributed by atoms with Gasteiger partial charge in [0.1, 0.15) is 30.3 Å². The monoisotopic (exact) mass is 925 g/mol. The first-order valence-electron chi connectivity index (χ1n) is 19.2. The number of aromatic nitrogens is 6. The standard InChI is InChI=1S/C22H24F3N5O3S.C18H17F3N4OS.ClH/c1-21(2,3)33-20(31)29-7-8-30(15(12-29)13-32-16-5-4-6-26-11-16)19-28-18-17(34-19)9-14(10-27-18)22(23,24)25;19-18(20,21)12-8-15-16(23-9-12)24-17(27-15)25-7-2-1-4-13(25)11-26-14-5-3-6-22-10-14;/h4-6,9-11,15H,7-8,12-13H2,1-3H3;3,5-6,8-10,13H,1-2,4,7,11H2;1H. The molecule has 6 aromatic rings. The maximum Gasteiger partial charge on any atom is 0.417 e. The Kier molecular flexibility index (Phi) is 14.5. The number of amides is 1. The lowest BCUT2D eigenvalue weighted by Crippen LogP contribution is -2.57. The molecule has 0 aromatic carbocycles. The van der Waals surface area contributed by atoms with Crippen LogP contribution in [0.15, 0.2) is 73.6 Å². The summed E-state index contributed by atoms with van der Waals surface area (Å²) in [7, 11) is 0. The minimum atomic E-state index is -4.48. The van der Waals surface area contributed by atoms with Gasteiger partial charge in [-0.1, -0.05) is 22.7 Å². The number of carbonyl (C=O) groups is 1. The molecule has 2 unspecified atom stereocenters. The van der Waals surface area contributed by atoms with Gasteiger partial charge in [0, 0.05) is 51.0 Å². The van der Waals surface area contributed by atoms with Crippen LogP contribution in [0, 0.1) is 0 Å². The molecule has 13 nitrogen and oxygen atoms in total. The Balaban J connectivity index is 0.000000209. The van der Waals surface area contributed by atoms with Crippen molar-refractivity contribution < 1.29 is 45.3 Å². The Bertz CT molecular complexity index is 2400. The zero-order valence-electron chi connectivity index (χ0n) is 33.6. The number of pyridine rings is 4. The predicted octanol–water partition coefficient (Wildman–Crippen LogP) is 9.57. The summed E-state index contributed by atoms with van der Waals surface area (Å²) < 4.78 is 96.1. The molecule has 2 aliphatic rings. The van der Waals surface area contributed by atoms with Gasteiger partial charge in [-0.05, 0) is 76.4 Å². The lowest BCUT2D eigenvalue weighted by molar-refractivity contribution is -0.138. The van der Waals surface area contributed by atoms with Gasteiger partial charge in [0.15, 0.2) is 21.6 Å². The summed E-state index contributed by atoms with van der Waals surface area (Å²) in [6.07, 6.45) is 1.90. The molecule has 8 rings (SSSR count). The van der Waals surface area contributed by atoms with E-state index >= 15 is 0 Å². The van der Waals surface area contributed by atoms with Crippen molar-refractivity contribution in [3.05, 3.63) is 84.7 Å². The summed E-state index contributed by atoms with van der Waals surface area (Å²) in [4.78, 5) is 43.1. The van der Waals surface area contributed by atoms with E-state index in [1.807, 2.05) is 17.0 Å². The van der Waals surface area contributed by atoms with Crippen molar-refractivity contribution in [2.45, 2.75) is 70.1 Å². The molecular weight excluding hydrogens is 884 g/mol. The van der Waals surface area contributed by atoms with Crippen molar-refractivity contribution in [1.29, 1.82) is 0 Å². The van der Waals surface area contributed by atoms with E-state index in [0.29, 0.717) is 63.1 Å². The Labute approximate surface area is 366 Å². The fraction of sp³-hybridized carbons (Fsp3) is 0.425. The van der Waals surface area contributed by atoms with E-state index in [4.69, 9.17) is 14.2 Å². The highest BCUT2D eigenvalue weighted by Gasteiger charge is 2.36. The Hall–Kier alpha value is -5.28. The lowest BCUT2D eigenvalue weighted by atomic mass is 10.0. The quantitative estimate of drug-likeness (QED) is 0.135. The van der Waals surface area contributed by atoms with Gasteiger partial charge < -0.3 is 28.9 Å². The molecule has 0 saturated carbocycles. The number of hydrogen-bond donors (Lipinski definition) is 0. The number of hydrogen-bond acceptors (Lipinski definition) is 14. The smallest absolute Gasteiger partial charge is 0.417 e. The molecule has 6 aromatic heterocycles. The van der Waals surface area contributed by atoms with Crippen LogP contribution in [-0.4, -0.2) is 98.0 Å². The predicted molar refractivity (Wildman–Crippen MR) is 225 cm³/mol. The lowest BCUT2D eigenvalue weighted by Gasteiger charge is -2.41. The summed E-state index contributed by atoms with van der Waals surface area (Å²) in [6.45, 7) is 7.96. The number of nitrogens with zero attached hydrogens (tertiary/aromatic N) is 9. The first-order valence-corrected chi connectivity index (χ1v) is 20.9. The molecule has 2 fully saturated rings. The van der Waals surface area contributed by atoms with Gasteiger partial charge in [-0.15, -0.1) is 12.4 Å². The van der Waals surface area contributed by atoms with E-state index in [1.165, 1.54) is 11.3 Å². The maximum absolute atomic E-state index is 13.1. The number of piperidine rings is 1. The number of rotatable bonds is 8. The minimum absolute atomic E-state index is 0. The second-order valence-corrected chi connectivity index (χ2v) is 17.2. The highest BCUT2D eigenvalue weighted by atomic mass is 35.5. The van der Waals surface area contributed by atoms with Crippen molar-refractivity contribution in [2.75, 3.05) is 49.2 Å². The molecule has 62 heavy (non-hydrogen) atoms. The molecule has 0 aliphatic carbocycles. The number of ether oxygens (including phenoxy) is 3. The van der Waals surface area contributed by atoms with Crippen LogP contribution in [0.3, 0.4) is 0 Å². The third kappa shape index (κ3) is 11.8. The number of anilines is 2. The second kappa shape index (κ2) is 19.4. The number of alkyl halides is 6. The molecule has 0 N–H and O–H groups in total. The topological polar surface area (TPSA) is 132 Å². The van der Waals surface area contributed by atoms with Crippen molar-refractivity contribution in [3.63, 3.8) is 0 Å². The number of piperazine rings is 1. The van der Waals surface area contributed by atoms with Crippen LogP contribution >= 0.6 is 35.1 Å². The zero-order chi connectivity index (χ0) is 43.4. The van der Waals surface area contributed by atoms with Crippen LogP contribution in [0.4, 0.5) is 41.4 Å². The normalized spacial score (nSPS) is 17.3. The third-order valence-electron chi connectivity index (χ3n) is 9.53. The number of halogens is 7. The van der Waals surface area contributed by atoms with E-state index < -0.39 is 35.2 Å². The van der Waals surface area contributed by atoms with Gasteiger partial charge in [0.25, 0.3) is 0 Å². The molecule has 0 spiro atoms. The average molecular weight is 926 g/mol. The zero-order valence-corrected chi connectivity index (χ0v) is 36.0. The molecule has 2 saturated heterocycles. The van der Waals surface area contributed by atoms with Crippen LogP contribution in [0.2, 0.25) is 0 Å². The summed E-state index contributed by atoms with van der Waals surface area (Å²) in [5.41, 5.74) is -1.61. The van der Waals surface area contributed by atoms with E-state index in [-0.39, 0.29) is 36.7 Å².